The van der Waals surface area contributed by atoms with E-state index in [1.54, 1.807) is 6.92 Å². The van der Waals surface area contributed by atoms with Crippen LogP contribution < -0.4 is 0 Å². The molecule has 0 saturated heterocycles. The highest BCUT2D eigenvalue weighted by molar-refractivity contribution is 5.83. The Labute approximate surface area is 211 Å². The standard InChI is InChI=1S/C29H33N3O4/c1-20-30-26(36-31-20)18-35-27(22-11-6-5-7-12-22)25(17-32(28(33)34)19-29(2,3)4)24-15-14-21-10-8-9-13-23(21)16-24/h5-16,25,27H,17-19H2,1-4H3,(H,33,34)/t25-,27-/m1/s1. The number of rotatable bonds is 9. The number of aromatic nitrogens is 2. The molecular weight excluding hydrogens is 454 g/mol. The van der Waals surface area contributed by atoms with Gasteiger partial charge in [-0.2, -0.15) is 4.98 Å². The van der Waals surface area contributed by atoms with Gasteiger partial charge in [-0.25, -0.2) is 4.79 Å². The summed E-state index contributed by atoms with van der Waals surface area (Å²) in [7, 11) is 0. The number of aryl methyl sites for hydroxylation is 1. The van der Waals surface area contributed by atoms with Crippen molar-refractivity contribution in [3.63, 3.8) is 0 Å². The number of carboxylic acid groups (broad SMARTS) is 1. The highest BCUT2D eigenvalue weighted by Crippen LogP contribution is 2.37. The zero-order valence-electron chi connectivity index (χ0n) is 21.2. The van der Waals surface area contributed by atoms with Gasteiger partial charge in [-0.05, 0) is 34.2 Å². The lowest BCUT2D eigenvalue weighted by molar-refractivity contribution is -0.00107. The molecule has 1 N–H and O–H groups in total. The molecule has 1 aromatic heterocycles. The summed E-state index contributed by atoms with van der Waals surface area (Å²) in [5.74, 6) is 0.646. The van der Waals surface area contributed by atoms with E-state index < -0.39 is 12.2 Å². The van der Waals surface area contributed by atoms with E-state index >= 15 is 0 Å². The van der Waals surface area contributed by atoms with Crippen LogP contribution in [-0.4, -0.2) is 39.3 Å². The van der Waals surface area contributed by atoms with Crippen molar-refractivity contribution in [3.05, 3.63) is 95.6 Å². The van der Waals surface area contributed by atoms with Crippen molar-refractivity contribution >= 4 is 16.9 Å². The molecule has 7 heteroatoms. The van der Waals surface area contributed by atoms with Crippen LogP contribution in [0, 0.1) is 12.3 Å². The molecule has 0 fully saturated rings. The average molecular weight is 488 g/mol. The van der Waals surface area contributed by atoms with Gasteiger partial charge < -0.3 is 19.3 Å². The van der Waals surface area contributed by atoms with Gasteiger partial charge in [0.1, 0.15) is 6.61 Å². The van der Waals surface area contributed by atoms with E-state index in [0.717, 1.165) is 21.9 Å². The second-order valence-electron chi connectivity index (χ2n) is 10.3. The molecular formula is C29H33N3O4. The van der Waals surface area contributed by atoms with Crippen molar-refractivity contribution in [3.8, 4) is 0 Å². The normalized spacial score (nSPS) is 13.4. The van der Waals surface area contributed by atoms with Crippen molar-refractivity contribution in [2.45, 2.75) is 46.3 Å². The van der Waals surface area contributed by atoms with E-state index in [4.69, 9.17) is 9.26 Å². The first-order valence-corrected chi connectivity index (χ1v) is 12.1. The summed E-state index contributed by atoms with van der Waals surface area (Å²) in [6.45, 7) is 8.67. The van der Waals surface area contributed by atoms with E-state index in [1.807, 2.05) is 63.2 Å². The highest BCUT2D eigenvalue weighted by Gasteiger charge is 2.32. The molecule has 0 aliphatic rings. The van der Waals surface area contributed by atoms with E-state index in [0.29, 0.717) is 18.3 Å². The second-order valence-corrected chi connectivity index (χ2v) is 10.3. The molecule has 0 bridgehead atoms. The minimum Gasteiger partial charge on any atom is -0.465 e. The highest BCUT2D eigenvalue weighted by atomic mass is 16.5. The summed E-state index contributed by atoms with van der Waals surface area (Å²) in [5.41, 5.74) is 1.76. The molecule has 188 valence electrons. The van der Waals surface area contributed by atoms with Crippen molar-refractivity contribution < 1.29 is 19.2 Å². The Kier molecular flexibility index (Phi) is 7.70. The average Bonchev–Trinajstić information content (AvgIpc) is 3.27. The third-order valence-electron chi connectivity index (χ3n) is 6.00. The van der Waals surface area contributed by atoms with Gasteiger partial charge in [-0.3, -0.25) is 0 Å². The van der Waals surface area contributed by atoms with Crippen LogP contribution >= 0.6 is 0 Å². The van der Waals surface area contributed by atoms with Crippen molar-refractivity contribution in [1.29, 1.82) is 0 Å². The van der Waals surface area contributed by atoms with E-state index in [2.05, 4.69) is 40.5 Å². The van der Waals surface area contributed by atoms with Crippen LogP contribution in [-0.2, 0) is 11.3 Å². The quantitative estimate of drug-likeness (QED) is 0.286. The zero-order valence-corrected chi connectivity index (χ0v) is 21.2. The molecule has 36 heavy (non-hydrogen) atoms. The Bertz CT molecular complexity index is 1300. The number of ether oxygens (including phenoxy) is 1. The fraction of sp³-hybridized carbons (Fsp3) is 0.345. The summed E-state index contributed by atoms with van der Waals surface area (Å²) in [6.07, 6.45) is -1.39. The molecule has 1 heterocycles. The van der Waals surface area contributed by atoms with Crippen LogP contribution in [0.2, 0.25) is 0 Å². The monoisotopic (exact) mass is 487 g/mol. The second kappa shape index (κ2) is 10.9. The van der Waals surface area contributed by atoms with Gasteiger partial charge in [0.05, 0.1) is 6.10 Å². The number of hydrogen-bond acceptors (Lipinski definition) is 5. The predicted octanol–water partition coefficient (Wildman–Crippen LogP) is 6.60. The molecule has 4 aromatic rings. The largest absolute Gasteiger partial charge is 0.465 e. The molecule has 0 saturated carbocycles. The zero-order chi connectivity index (χ0) is 25.7. The van der Waals surface area contributed by atoms with Crippen LogP contribution in [0.1, 0.15) is 55.6 Å². The number of hydrogen-bond donors (Lipinski definition) is 1. The first-order chi connectivity index (χ1) is 17.2. The summed E-state index contributed by atoms with van der Waals surface area (Å²) in [5, 5.41) is 16.2. The molecule has 2 atom stereocenters. The summed E-state index contributed by atoms with van der Waals surface area (Å²) >= 11 is 0. The number of benzene rings is 3. The molecule has 0 aliphatic heterocycles. The van der Waals surface area contributed by atoms with Crippen molar-refractivity contribution in [2.24, 2.45) is 5.41 Å². The maximum absolute atomic E-state index is 12.3. The molecule has 0 spiro atoms. The van der Waals surface area contributed by atoms with E-state index in [9.17, 15) is 9.90 Å². The van der Waals surface area contributed by atoms with Crippen molar-refractivity contribution in [1.82, 2.24) is 15.0 Å². The molecule has 0 unspecified atom stereocenters. The fourth-order valence-electron chi connectivity index (χ4n) is 4.48. The van der Waals surface area contributed by atoms with Crippen LogP contribution in [0.5, 0.6) is 0 Å². The Morgan fingerprint density at radius 2 is 1.69 bits per heavy atom. The Hall–Kier alpha value is -3.71. The van der Waals surface area contributed by atoms with Crippen LogP contribution in [0.15, 0.2) is 77.3 Å². The van der Waals surface area contributed by atoms with Gasteiger partial charge in [0, 0.05) is 19.0 Å². The number of fused-ring (bicyclic) bond motifs is 1. The summed E-state index contributed by atoms with van der Waals surface area (Å²) in [6, 6.07) is 24.3. The van der Waals surface area contributed by atoms with Gasteiger partial charge >= 0.3 is 6.09 Å². The number of amides is 1. The van der Waals surface area contributed by atoms with Gasteiger partial charge in [0.15, 0.2) is 5.82 Å². The summed E-state index contributed by atoms with van der Waals surface area (Å²) < 4.78 is 11.7. The SMILES string of the molecule is Cc1noc(CO[C@H](c2ccccc2)[C@H](CN(CC(C)(C)C)C(=O)O)c2ccc3ccccc3c2)n1. The summed E-state index contributed by atoms with van der Waals surface area (Å²) in [4.78, 5) is 18.1. The van der Waals surface area contributed by atoms with Gasteiger partial charge in [-0.15, -0.1) is 0 Å². The lowest BCUT2D eigenvalue weighted by atomic mass is 9.86. The fourth-order valence-corrected chi connectivity index (χ4v) is 4.48. The molecule has 0 aliphatic carbocycles. The lowest BCUT2D eigenvalue weighted by Gasteiger charge is -2.34. The minimum atomic E-state index is -0.949. The Morgan fingerprint density at radius 3 is 2.33 bits per heavy atom. The van der Waals surface area contributed by atoms with Gasteiger partial charge in [-0.1, -0.05) is 98.7 Å². The molecule has 3 aromatic carbocycles. The molecule has 1 amide bonds. The topological polar surface area (TPSA) is 88.7 Å². The van der Waals surface area contributed by atoms with Crippen LogP contribution in [0.4, 0.5) is 4.79 Å². The number of nitrogens with zero attached hydrogens (tertiary/aromatic N) is 3. The predicted molar refractivity (Wildman–Crippen MR) is 139 cm³/mol. The van der Waals surface area contributed by atoms with Crippen LogP contribution in [0.25, 0.3) is 10.8 Å². The van der Waals surface area contributed by atoms with Crippen molar-refractivity contribution in [2.75, 3.05) is 13.1 Å². The maximum Gasteiger partial charge on any atom is 0.407 e. The first kappa shape index (κ1) is 25.4. The Morgan fingerprint density at radius 1 is 1.00 bits per heavy atom. The van der Waals surface area contributed by atoms with E-state index in [1.165, 1.54) is 4.90 Å². The lowest BCUT2D eigenvalue weighted by Crippen LogP contribution is -2.40. The van der Waals surface area contributed by atoms with E-state index in [-0.39, 0.29) is 24.5 Å². The first-order valence-electron chi connectivity index (χ1n) is 12.1. The maximum atomic E-state index is 12.3. The molecule has 7 nitrogen and oxygen atoms in total. The van der Waals surface area contributed by atoms with Crippen LogP contribution in [0.3, 0.4) is 0 Å². The third kappa shape index (κ3) is 6.49. The molecule has 4 rings (SSSR count). The third-order valence-corrected chi connectivity index (χ3v) is 6.00. The number of carbonyl (C=O) groups is 1. The minimum absolute atomic E-state index is 0.122. The van der Waals surface area contributed by atoms with Gasteiger partial charge in [0.25, 0.3) is 5.89 Å². The Balaban J connectivity index is 1.77. The van der Waals surface area contributed by atoms with Gasteiger partial charge in [0.2, 0.25) is 0 Å². The smallest absolute Gasteiger partial charge is 0.407 e. The molecule has 0 radical (unpaired) electrons.